The number of likely N-dealkylation sites (N-methyl/N-ethyl adjacent to an activating group) is 2. The summed E-state index contributed by atoms with van der Waals surface area (Å²) in [5.74, 6) is -0.293. The van der Waals surface area contributed by atoms with Crippen LogP contribution >= 0.6 is 0 Å². The van der Waals surface area contributed by atoms with Gasteiger partial charge in [-0.05, 0) is 53.5 Å². The summed E-state index contributed by atoms with van der Waals surface area (Å²) in [6.07, 6.45) is 5.67. The van der Waals surface area contributed by atoms with Gasteiger partial charge in [-0.2, -0.15) is 31.3 Å². The number of piperidine rings is 1. The van der Waals surface area contributed by atoms with Crippen LogP contribution in [0.25, 0.3) is 4.13 Å². The lowest BCUT2D eigenvalue weighted by Crippen LogP contribution is -2.32. The number of sulfone groups is 1. The van der Waals surface area contributed by atoms with Crippen molar-refractivity contribution < 1.29 is 71.4 Å². The molecule has 4 heterocycles. The van der Waals surface area contributed by atoms with Crippen LogP contribution < -0.4 is 0 Å². The average molecular weight is 787 g/mol. The van der Waals surface area contributed by atoms with E-state index in [2.05, 4.69) is 40.0 Å². The molecule has 4 saturated heterocycles. The average Bonchev–Trinajstić information content (AvgIpc) is 3.46. The molecule has 0 aromatic heterocycles. The number of hydrogen-bond acceptors (Lipinski definition) is 11. The fourth-order valence-corrected chi connectivity index (χ4v) is 8.57. The van der Waals surface area contributed by atoms with Crippen LogP contribution in [0.4, 0.5) is 36.7 Å². The van der Waals surface area contributed by atoms with Crippen molar-refractivity contribution in [3.8, 4) is 0 Å². The van der Waals surface area contributed by atoms with Gasteiger partial charge in [-0.25, -0.2) is 16.8 Å². The third-order valence-electron chi connectivity index (χ3n) is 6.93. The summed E-state index contributed by atoms with van der Waals surface area (Å²) in [7, 11) is -5.85. The van der Waals surface area contributed by atoms with Crippen molar-refractivity contribution in [1.82, 2.24) is 14.7 Å². The Bertz CT molecular complexity index is 1010. The minimum atomic E-state index is -5.10. The zero-order valence-corrected chi connectivity index (χ0v) is 30.0. The van der Waals surface area contributed by atoms with Gasteiger partial charge in [0.2, 0.25) is 0 Å². The number of sulfonamides is 2. The first-order valence-corrected chi connectivity index (χ1v) is 19.2. The predicted molar refractivity (Wildman–Crippen MR) is 173 cm³/mol. The summed E-state index contributed by atoms with van der Waals surface area (Å²) in [5, 5.41) is -0.352. The SMILES string of the molecule is CN1CCCCC1.CN1CCOCC1.CN1CCOCC1.F.F.F.F.F.O=S(=O)([C-]1CCCC1)C(F)(F)F.O=S1(=O)CCCS(=O)(=O)[N-]1. The molecule has 12 nitrogen and oxygen atoms in total. The van der Waals surface area contributed by atoms with Gasteiger partial charge in [-0.3, -0.25) is 31.9 Å². The van der Waals surface area contributed by atoms with Crippen LogP contribution in [0.2, 0.25) is 0 Å². The minimum absolute atomic E-state index is 0. The lowest BCUT2D eigenvalue weighted by molar-refractivity contribution is -0.0434. The quantitative estimate of drug-likeness (QED) is 0.286. The van der Waals surface area contributed by atoms with E-state index in [0.717, 1.165) is 52.6 Å². The molecule has 0 spiro atoms. The molecule has 0 bridgehead atoms. The van der Waals surface area contributed by atoms with E-state index in [-0.39, 0.29) is 59.5 Å². The smallest absolute Gasteiger partial charge is 0.436 e. The maximum atomic E-state index is 11.9. The molecule has 0 aromatic carbocycles. The summed E-state index contributed by atoms with van der Waals surface area (Å²) in [6, 6.07) is 0. The zero-order valence-electron chi connectivity index (χ0n) is 27.6. The van der Waals surface area contributed by atoms with Crippen LogP contribution in [-0.2, 0) is 39.4 Å². The topological polar surface area (TPSA) is 145 Å². The van der Waals surface area contributed by atoms with Crippen molar-refractivity contribution >= 4 is 29.9 Å². The Labute approximate surface area is 280 Å². The molecular formula is C25H54F8N4O8S3-2. The van der Waals surface area contributed by atoms with Crippen LogP contribution in [0.5, 0.6) is 0 Å². The molecule has 5 aliphatic rings. The van der Waals surface area contributed by atoms with E-state index in [1.807, 2.05) is 0 Å². The Morgan fingerprint density at radius 1 is 0.583 bits per heavy atom. The normalized spacial score (nSPS) is 22.6. The van der Waals surface area contributed by atoms with E-state index in [4.69, 9.17) is 9.47 Å². The van der Waals surface area contributed by atoms with Gasteiger partial charge in [0, 0.05) is 37.7 Å². The molecule has 0 aromatic rings. The zero-order chi connectivity index (χ0) is 32.6. The van der Waals surface area contributed by atoms with E-state index in [1.54, 1.807) is 0 Å². The van der Waals surface area contributed by atoms with Crippen LogP contribution in [-0.4, -0.2) is 144 Å². The van der Waals surface area contributed by atoms with Gasteiger partial charge in [0.15, 0.2) is 0 Å². The number of hydrogen-bond donors (Lipinski definition) is 0. The maximum absolute atomic E-state index is 11.9. The second kappa shape index (κ2) is 27.7. The first kappa shape index (κ1) is 56.4. The Morgan fingerprint density at radius 3 is 1.12 bits per heavy atom. The standard InChI is InChI=1S/C6H8F3O2S.C6H13N.2C5H11NO.C3H6NO4S2.5FH/c7-6(8,9)12(10,11)5-3-1-2-4-5;1-7-5-3-2-4-6-7;2*1-6-2-4-7-5-3-6;5-9(6)2-1-3-10(7,8)4-9;;;;;/h1-4H2;2-6H2,1H3;2*2-5H2,1H3;1-3H2;5*1H/q-1;;;;-1;;;;;. The number of halogens is 8. The molecule has 0 radical (unpaired) electrons. The van der Waals surface area contributed by atoms with Crippen molar-refractivity contribution in [1.29, 1.82) is 0 Å². The van der Waals surface area contributed by atoms with Crippen molar-refractivity contribution in [2.75, 3.05) is 98.3 Å². The predicted octanol–water partition coefficient (Wildman–Crippen LogP) is 3.21. The highest BCUT2D eigenvalue weighted by atomic mass is 32.3. The van der Waals surface area contributed by atoms with Gasteiger partial charge in [0.05, 0.1) is 46.5 Å². The Hall–Kier alpha value is -0.950. The Kier molecular flexibility index (Phi) is 32.6. The minimum Gasteiger partial charge on any atom is -0.436 e. The number of nitrogens with zero attached hydrogens (tertiary/aromatic N) is 4. The molecule has 298 valence electrons. The number of morpholine rings is 2. The van der Waals surface area contributed by atoms with Gasteiger partial charge in [0.25, 0.3) is 0 Å². The summed E-state index contributed by atoms with van der Waals surface area (Å²) in [5.41, 5.74) is -5.10. The van der Waals surface area contributed by atoms with Crippen LogP contribution in [0.1, 0.15) is 51.4 Å². The molecule has 0 N–H and O–H groups in total. The van der Waals surface area contributed by atoms with E-state index >= 15 is 0 Å². The van der Waals surface area contributed by atoms with Gasteiger partial charge in [-0.1, -0.05) is 19.3 Å². The maximum Gasteiger partial charge on any atom is 0.468 e. The Morgan fingerprint density at radius 2 is 0.917 bits per heavy atom. The molecule has 5 fully saturated rings. The molecule has 23 heteroatoms. The van der Waals surface area contributed by atoms with Gasteiger partial charge >= 0.3 is 5.51 Å². The summed E-state index contributed by atoms with van der Waals surface area (Å²) in [6.45, 7) is 10.7. The van der Waals surface area contributed by atoms with E-state index < -0.39 is 35.4 Å². The van der Waals surface area contributed by atoms with E-state index in [9.17, 15) is 38.4 Å². The van der Waals surface area contributed by atoms with Gasteiger partial charge in [-0.15, -0.1) is 0 Å². The number of ether oxygens (including phenoxy) is 2. The summed E-state index contributed by atoms with van der Waals surface area (Å²) in [4.78, 5) is 6.93. The third kappa shape index (κ3) is 25.1. The lowest BCUT2D eigenvalue weighted by atomic mass is 10.1. The molecule has 4 aliphatic heterocycles. The summed E-state index contributed by atoms with van der Waals surface area (Å²) >= 11 is 0. The molecule has 1 saturated carbocycles. The number of alkyl halides is 3. The third-order valence-corrected chi connectivity index (χ3v) is 12.1. The van der Waals surface area contributed by atoms with E-state index in [0.29, 0.717) is 12.8 Å². The van der Waals surface area contributed by atoms with Crippen molar-refractivity contribution in [2.24, 2.45) is 0 Å². The van der Waals surface area contributed by atoms with Crippen molar-refractivity contribution in [3.05, 3.63) is 9.38 Å². The first-order chi connectivity index (χ1) is 20.0. The fourth-order valence-electron chi connectivity index (χ4n) is 4.23. The van der Waals surface area contributed by atoms with Crippen LogP contribution in [0.3, 0.4) is 0 Å². The molecular weight excluding hydrogens is 732 g/mol. The second-order valence-electron chi connectivity index (χ2n) is 10.9. The summed E-state index contributed by atoms with van der Waals surface area (Å²) < 4.78 is 112. The highest BCUT2D eigenvalue weighted by molar-refractivity contribution is 8.12. The largest absolute Gasteiger partial charge is 0.468 e. The lowest BCUT2D eigenvalue weighted by Gasteiger charge is -2.25. The first-order valence-electron chi connectivity index (χ1n) is 14.5. The monoisotopic (exact) mass is 786 g/mol. The molecule has 1 aliphatic carbocycles. The van der Waals surface area contributed by atoms with Crippen LogP contribution in [0.15, 0.2) is 0 Å². The van der Waals surface area contributed by atoms with Crippen LogP contribution in [0, 0.1) is 5.25 Å². The van der Waals surface area contributed by atoms with E-state index in [1.165, 1.54) is 32.4 Å². The van der Waals surface area contributed by atoms with Gasteiger partial charge in [0.1, 0.15) is 9.84 Å². The Balaban J connectivity index is -0.000000159. The van der Waals surface area contributed by atoms with Crippen molar-refractivity contribution in [3.63, 3.8) is 0 Å². The second-order valence-corrected chi connectivity index (χ2v) is 16.7. The molecule has 0 amide bonds. The van der Waals surface area contributed by atoms with Gasteiger partial charge < -0.3 is 28.3 Å². The highest BCUT2D eigenvalue weighted by Gasteiger charge is 2.42. The molecule has 48 heavy (non-hydrogen) atoms. The fraction of sp³-hybridized carbons (Fsp3) is 0.960. The number of rotatable bonds is 1. The molecule has 0 unspecified atom stereocenters. The highest BCUT2D eigenvalue weighted by Crippen LogP contribution is 2.40. The van der Waals surface area contributed by atoms with Crippen molar-refractivity contribution in [2.45, 2.75) is 56.9 Å². The molecule has 5 rings (SSSR count). The molecule has 0 atom stereocenters. The number of likely N-dealkylation sites (tertiary alicyclic amines) is 1.